The van der Waals surface area contributed by atoms with Crippen LogP contribution in [0.4, 0.5) is 15.8 Å². The van der Waals surface area contributed by atoms with Gasteiger partial charge in [0.15, 0.2) is 5.82 Å². The molecule has 0 radical (unpaired) electrons. The molecule has 9 heteroatoms. The van der Waals surface area contributed by atoms with Crippen LogP contribution in [-0.2, 0) is 9.59 Å². The summed E-state index contributed by atoms with van der Waals surface area (Å²) in [6.07, 6.45) is 0. The number of anilines is 2. The number of amides is 2. The molecule has 2 aromatic carbocycles. The summed E-state index contributed by atoms with van der Waals surface area (Å²) in [4.78, 5) is 27.2. The molecule has 0 bridgehead atoms. The fourth-order valence-corrected chi connectivity index (χ4v) is 2.85. The number of nitrogens with one attached hydrogen (secondary N) is 3. The number of H-pyrrole nitrogens is 1. The Morgan fingerprint density at radius 3 is 2.41 bits per heavy atom. The Morgan fingerprint density at radius 2 is 1.74 bits per heavy atom. The molecule has 0 saturated heterocycles. The first-order valence-electron chi connectivity index (χ1n) is 7.99. The van der Waals surface area contributed by atoms with Crippen molar-refractivity contribution in [2.24, 2.45) is 0 Å². The highest BCUT2D eigenvalue weighted by Gasteiger charge is 2.11. The van der Waals surface area contributed by atoms with E-state index in [0.717, 1.165) is 11.8 Å². The predicted octanol–water partition coefficient (Wildman–Crippen LogP) is 3.30. The number of hydrogen-bond donors (Lipinski definition) is 3. The van der Waals surface area contributed by atoms with E-state index in [4.69, 9.17) is 0 Å². The first-order chi connectivity index (χ1) is 13.0. The molecular formula is C18H16FN5O2S. The maximum atomic E-state index is 13.8. The Morgan fingerprint density at radius 1 is 1.07 bits per heavy atom. The van der Waals surface area contributed by atoms with Crippen LogP contribution in [0.2, 0.25) is 0 Å². The van der Waals surface area contributed by atoms with Crippen LogP contribution in [0.5, 0.6) is 0 Å². The molecule has 0 spiro atoms. The van der Waals surface area contributed by atoms with Gasteiger partial charge in [0.05, 0.1) is 11.3 Å². The second kappa shape index (κ2) is 8.45. The predicted molar refractivity (Wildman–Crippen MR) is 102 cm³/mol. The molecule has 0 aliphatic rings. The zero-order chi connectivity index (χ0) is 19.2. The quantitative estimate of drug-likeness (QED) is 0.566. The fourth-order valence-electron chi connectivity index (χ4n) is 2.25. The van der Waals surface area contributed by atoms with Gasteiger partial charge in [0.2, 0.25) is 17.0 Å². The first kappa shape index (κ1) is 18.6. The monoisotopic (exact) mass is 385 g/mol. The van der Waals surface area contributed by atoms with Crippen LogP contribution in [-0.4, -0.2) is 32.7 Å². The molecule has 3 aromatic rings. The molecule has 138 valence electrons. The molecule has 0 unspecified atom stereocenters. The largest absolute Gasteiger partial charge is 0.326 e. The standard InChI is InChI=1S/C18H16FN5O2S/c1-11(25)20-12-6-8-13(9-7-12)21-16(26)10-27-18-22-17(23-24-18)14-4-2-3-5-15(14)19/h2-9H,10H2,1H3,(H,20,25)(H,21,26)(H,22,23,24). The summed E-state index contributed by atoms with van der Waals surface area (Å²) >= 11 is 1.14. The lowest BCUT2D eigenvalue weighted by atomic mass is 10.2. The van der Waals surface area contributed by atoms with Crippen molar-refractivity contribution in [3.8, 4) is 11.4 Å². The Hall–Kier alpha value is -3.20. The van der Waals surface area contributed by atoms with Crippen LogP contribution < -0.4 is 10.6 Å². The van der Waals surface area contributed by atoms with Crippen molar-refractivity contribution in [1.29, 1.82) is 0 Å². The van der Waals surface area contributed by atoms with Gasteiger partial charge in [-0.25, -0.2) is 9.37 Å². The smallest absolute Gasteiger partial charge is 0.234 e. The van der Waals surface area contributed by atoms with Gasteiger partial charge in [-0.05, 0) is 36.4 Å². The summed E-state index contributed by atoms with van der Waals surface area (Å²) in [7, 11) is 0. The van der Waals surface area contributed by atoms with Gasteiger partial charge in [-0.1, -0.05) is 23.9 Å². The number of aromatic amines is 1. The summed E-state index contributed by atoms with van der Waals surface area (Å²) in [5.41, 5.74) is 1.58. The topological polar surface area (TPSA) is 99.8 Å². The van der Waals surface area contributed by atoms with E-state index in [2.05, 4.69) is 25.8 Å². The van der Waals surface area contributed by atoms with Gasteiger partial charge >= 0.3 is 0 Å². The SMILES string of the molecule is CC(=O)Nc1ccc(NC(=O)CSc2n[nH]c(-c3ccccc3F)n2)cc1. The summed E-state index contributed by atoms with van der Waals surface area (Å²) in [5, 5.41) is 12.4. The van der Waals surface area contributed by atoms with Gasteiger partial charge < -0.3 is 10.6 Å². The van der Waals surface area contributed by atoms with Gasteiger partial charge in [0, 0.05) is 18.3 Å². The highest BCUT2D eigenvalue weighted by molar-refractivity contribution is 7.99. The minimum atomic E-state index is -0.398. The van der Waals surface area contributed by atoms with Crippen molar-refractivity contribution in [1.82, 2.24) is 15.2 Å². The molecule has 1 heterocycles. The number of aromatic nitrogens is 3. The second-order valence-electron chi connectivity index (χ2n) is 5.54. The van der Waals surface area contributed by atoms with Crippen LogP contribution in [0.25, 0.3) is 11.4 Å². The van der Waals surface area contributed by atoms with Crippen molar-refractivity contribution in [3.05, 3.63) is 54.3 Å². The van der Waals surface area contributed by atoms with E-state index in [1.807, 2.05) is 0 Å². The third-order valence-electron chi connectivity index (χ3n) is 3.42. The number of halogens is 1. The average Bonchev–Trinajstić information content (AvgIpc) is 3.10. The molecule has 0 saturated carbocycles. The van der Waals surface area contributed by atoms with Crippen LogP contribution in [0, 0.1) is 5.82 Å². The molecular weight excluding hydrogens is 369 g/mol. The highest BCUT2D eigenvalue weighted by Crippen LogP contribution is 2.22. The summed E-state index contributed by atoms with van der Waals surface area (Å²) < 4.78 is 13.8. The zero-order valence-electron chi connectivity index (χ0n) is 14.3. The minimum absolute atomic E-state index is 0.0992. The van der Waals surface area contributed by atoms with E-state index in [-0.39, 0.29) is 17.6 Å². The molecule has 0 atom stereocenters. The number of rotatable bonds is 6. The molecule has 3 rings (SSSR count). The van der Waals surface area contributed by atoms with E-state index < -0.39 is 5.82 Å². The van der Waals surface area contributed by atoms with Gasteiger partial charge in [-0.15, -0.1) is 5.10 Å². The lowest BCUT2D eigenvalue weighted by Crippen LogP contribution is -2.14. The molecule has 0 aliphatic heterocycles. The molecule has 27 heavy (non-hydrogen) atoms. The van der Waals surface area contributed by atoms with E-state index in [1.165, 1.54) is 13.0 Å². The highest BCUT2D eigenvalue weighted by atomic mass is 32.2. The number of carbonyl (C=O) groups excluding carboxylic acids is 2. The lowest BCUT2D eigenvalue weighted by molar-refractivity contribution is -0.114. The summed E-state index contributed by atoms with van der Waals surface area (Å²) in [5.74, 6) is -0.383. The zero-order valence-corrected chi connectivity index (χ0v) is 15.1. The fraction of sp³-hybridized carbons (Fsp3) is 0.111. The Bertz CT molecular complexity index is 958. The van der Waals surface area contributed by atoms with Gasteiger partial charge in [0.1, 0.15) is 5.82 Å². The van der Waals surface area contributed by atoms with E-state index >= 15 is 0 Å². The van der Waals surface area contributed by atoms with Crippen LogP contribution in [0.15, 0.2) is 53.7 Å². The van der Waals surface area contributed by atoms with Crippen LogP contribution in [0.1, 0.15) is 6.92 Å². The molecule has 3 N–H and O–H groups in total. The maximum absolute atomic E-state index is 13.8. The average molecular weight is 385 g/mol. The van der Waals surface area contributed by atoms with Crippen molar-refractivity contribution in [3.63, 3.8) is 0 Å². The van der Waals surface area contributed by atoms with Crippen molar-refractivity contribution < 1.29 is 14.0 Å². The number of benzene rings is 2. The lowest BCUT2D eigenvalue weighted by Gasteiger charge is -2.06. The first-order valence-corrected chi connectivity index (χ1v) is 8.97. The number of carbonyl (C=O) groups is 2. The number of thioether (sulfide) groups is 1. The summed E-state index contributed by atoms with van der Waals surface area (Å²) in [6, 6.07) is 13.0. The summed E-state index contributed by atoms with van der Waals surface area (Å²) in [6.45, 7) is 1.42. The van der Waals surface area contributed by atoms with Crippen molar-refractivity contribution in [2.45, 2.75) is 12.1 Å². The van der Waals surface area contributed by atoms with Crippen LogP contribution in [0.3, 0.4) is 0 Å². The van der Waals surface area contributed by atoms with Crippen molar-refractivity contribution in [2.75, 3.05) is 16.4 Å². The second-order valence-corrected chi connectivity index (χ2v) is 6.48. The van der Waals surface area contributed by atoms with Gasteiger partial charge in [-0.3, -0.25) is 14.7 Å². The third-order valence-corrected chi connectivity index (χ3v) is 4.26. The van der Waals surface area contributed by atoms with E-state index in [1.54, 1.807) is 42.5 Å². The Kier molecular flexibility index (Phi) is 5.82. The third kappa shape index (κ3) is 5.14. The number of hydrogen-bond acceptors (Lipinski definition) is 5. The number of nitrogens with zero attached hydrogens (tertiary/aromatic N) is 2. The minimum Gasteiger partial charge on any atom is -0.326 e. The molecule has 1 aromatic heterocycles. The Balaban J connectivity index is 1.54. The van der Waals surface area contributed by atoms with Crippen LogP contribution >= 0.6 is 11.8 Å². The molecule has 0 aliphatic carbocycles. The van der Waals surface area contributed by atoms with Crippen molar-refractivity contribution >= 4 is 35.0 Å². The molecule has 2 amide bonds. The molecule has 7 nitrogen and oxygen atoms in total. The van der Waals surface area contributed by atoms with E-state index in [0.29, 0.717) is 27.9 Å². The van der Waals surface area contributed by atoms with Gasteiger partial charge in [-0.2, -0.15) is 0 Å². The molecule has 0 fully saturated rings. The Labute approximate surface area is 158 Å². The van der Waals surface area contributed by atoms with E-state index in [9.17, 15) is 14.0 Å². The normalized spacial score (nSPS) is 10.4. The van der Waals surface area contributed by atoms with Gasteiger partial charge in [0.25, 0.3) is 0 Å². The maximum Gasteiger partial charge on any atom is 0.234 e.